The van der Waals surface area contributed by atoms with Crippen molar-refractivity contribution in [2.75, 3.05) is 36.7 Å². The minimum absolute atomic E-state index is 0.137. The Morgan fingerprint density at radius 2 is 2.14 bits per heavy atom. The summed E-state index contributed by atoms with van der Waals surface area (Å²) in [5.41, 5.74) is 3.53. The first-order valence-electron chi connectivity index (χ1n) is 11.5. The maximum absolute atomic E-state index is 12.9. The Balaban J connectivity index is 1.50. The molecule has 1 aliphatic rings. The molecular weight excluding hydrogens is 482 g/mol. The van der Waals surface area contributed by atoms with Gasteiger partial charge in [-0.15, -0.1) is 28.1 Å². The Hall–Kier alpha value is -3.11. The van der Waals surface area contributed by atoms with Crippen LogP contribution in [0.25, 0.3) is 11.4 Å². The van der Waals surface area contributed by atoms with Crippen molar-refractivity contribution < 1.29 is 14.3 Å². The van der Waals surface area contributed by atoms with Gasteiger partial charge in [-0.25, -0.2) is 4.79 Å². The van der Waals surface area contributed by atoms with E-state index >= 15 is 0 Å². The summed E-state index contributed by atoms with van der Waals surface area (Å²) in [7, 11) is 3.98. The first kappa shape index (κ1) is 25.0. The van der Waals surface area contributed by atoms with E-state index in [9.17, 15) is 9.59 Å². The summed E-state index contributed by atoms with van der Waals surface area (Å²) in [6.45, 7) is 6.45. The summed E-state index contributed by atoms with van der Waals surface area (Å²) < 4.78 is 7.20. The van der Waals surface area contributed by atoms with Crippen LogP contribution in [0.1, 0.15) is 34.1 Å². The van der Waals surface area contributed by atoms with Crippen LogP contribution in [0.4, 0.5) is 10.7 Å². The third-order valence-corrected chi connectivity index (χ3v) is 7.81. The van der Waals surface area contributed by atoms with Crippen molar-refractivity contribution >= 4 is 45.7 Å². The lowest BCUT2D eigenvalue weighted by atomic mass is 10.1. The van der Waals surface area contributed by atoms with Gasteiger partial charge < -0.3 is 15.0 Å². The number of rotatable bonds is 10. The quantitative estimate of drug-likeness (QED) is 0.241. The summed E-state index contributed by atoms with van der Waals surface area (Å²) >= 11 is 2.78. The van der Waals surface area contributed by atoms with Gasteiger partial charge in [0.1, 0.15) is 5.00 Å². The number of anilines is 2. The Morgan fingerprint density at radius 1 is 1.31 bits per heavy atom. The molecule has 2 aromatic heterocycles. The molecule has 2 heterocycles. The lowest BCUT2D eigenvalue weighted by Crippen LogP contribution is -2.17. The van der Waals surface area contributed by atoms with Crippen LogP contribution >= 0.6 is 23.1 Å². The number of hydrogen-bond donors (Lipinski definition) is 1. The zero-order chi connectivity index (χ0) is 24.9. The topological polar surface area (TPSA) is 89.3 Å². The third kappa shape index (κ3) is 5.43. The molecule has 35 heavy (non-hydrogen) atoms. The molecule has 184 valence electrons. The van der Waals surface area contributed by atoms with Gasteiger partial charge in [-0.3, -0.25) is 9.36 Å². The van der Waals surface area contributed by atoms with Crippen molar-refractivity contribution in [1.29, 1.82) is 0 Å². The molecule has 3 aromatic rings. The highest BCUT2D eigenvalue weighted by Gasteiger charge is 2.28. The van der Waals surface area contributed by atoms with Crippen molar-refractivity contribution in [1.82, 2.24) is 14.8 Å². The van der Waals surface area contributed by atoms with Crippen molar-refractivity contribution in [3.63, 3.8) is 0 Å². The second-order valence-corrected chi connectivity index (χ2v) is 10.3. The van der Waals surface area contributed by atoms with Crippen LogP contribution in [0.3, 0.4) is 0 Å². The van der Waals surface area contributed by atoms with E-state index in [0.29, 0.717) is 28.9 Å². The predicted octanol–water partition coefficient (Wildman–Crippen LogP) is 4.65. The lowest BCUT2D eigenvalue weighted by molar-refractivity contribution is -0.113. The fourth-order valence-electron chi connectivity index (χ4n) is 4.03. The minimum atomic E-state index is -0.370. The molecule has 0 saturated heterocycles. The number of allylic oxidation sites excluding steroid dienone is 1. The Kier molecular flexibility index (Phi) is 7.92. The summed E-state index contributed by atoms with van der Waals surface area (Å²) in [5.74, 6) is 0.281. The second-order valence-electron chi connectivity index (χ2n) is 8.27. The number of carbonyl (C=O) groups is 2. The van der Waals surface area contributed by atoms with E-state index in [1.165, 1.54) is 23.1 Å². The smallest absolute Gasteiger partial charge is 0.341 e. The number of thiophene rings is 1. The maximum atomic E-state index is 12.9. The van der Waals surface area contributed by atoms with Gasteiger partial charge in [-0.1, -0.05) is 30.0 Å². The van der Waals surface area contributed by atoms with Gasteiger partial charge in [0.15, 0.2) is 11.0 Å². The first-order valence-corrected chi connectivity index (χ1v) is 13.3. The second kappa shape index (κ2) is 11.1. The number of aromatic nitrogens is 3. The van der Waals surface area contributed by atoms with Gasteiger partial charge in [-0.05, 0) is 43.9 Å². The molecule has 4 rings (SSSR count). The average Bonchev–Trinajstić information content (AvgIpc) is 3.53. The van der Waals surface area contributed by atoms with E-state index in [2.05, 4.69) is 28.2 Å². The number of esters is 1. The molecule has 1 amide bonds. The average molecular weight is 512 g/mol. The number of aryl methyl sites for hydroxylation is 1. The van der Waals surface area contributed by atoms with Crippen molar-refractivity contribution in [2.24, 2.45) is 0 Å². The molecule has 1 aliphatic carbocycles. The number of nitrogens with one attached hydrogen (secondary N) is 1. The van der Waals surface area contributed by atoms with Gasteiger partial charge in [0.05, 0.1) is 17.9 Å². The molecule has 0 saturated carbocycles. The molecular formula is C25H29N5O3S2. The molecule has 0 radical (unpaired) electrons. The van der Waals surface area contributed by atoms with E-state index in [1.54, 1.807) is 13.0 Å². The first-order chi connectivity index (χ1) is 16.9. The van der Waals surface area contributed by atoms with Crippen LogP contribution in [0.5, 0.6) is 0 Å². The third-order valence-electron chi connectivity index (χ3n) is 5.64. The molecule has 1 aromatic carbocycles. The van der Waals surface area contributed by atoms with Gasteiger partial charge in [0.25, 0.3) is 0 Å². The number of thioether (sulfide) groups is 1. The van der Waals surface area contributed by atoms with E-state index in [4.69, 9.17) is 4.74 Å². The standard InChI is InChI=1S/C25H29N5O3S2/c1-5-13-30-22(16-9-7-10-17(14-16)29(3)4)27-28-25(30)34-15-20(31)26-23-21(24(32)33-6-2)18-11-8-12-19(18)35-23/h5,7,9-10,14H,1,6,8,11-13,15H2,2-4H3,(H,26,31). The molecule has 0 atom stereocenters. The van der Waals surface area contributed by atoms with Crippen LogP contribution in [-0.4, -0.2) is 53.1 Å². The number of hydrogen-bond acceptors (Lipinski definition) is 8. The van der Waals surface area contributed by atoms with E-state index in [0.717, 1.165) is 46.8 Å². The number of nitrogens with zero attached hydrogens (tertiary/aromatic N) is 4. The Bertz CT molecular complexity index is 1250. The number of carbonyl (C=O) groups excluding carboxylic acids is 2. The van der Waals surface area contributed by atoms with Gasteiger partial charge in [-0.2, -0.15) is 0 Å². The molecule has 10 heteroatoms. The van der Waals surface area contributed by atoms with Gasteiger partial charge in [0.2, 0.25) is 5.91 Å². The van der Waals surface area contributed by atoms with Gasteiger partial charge in [0, 0.05) is 36.8 Å². The largest absolute Gasteiger partial charge is 0.462 e. The normalized spacial score (nSPS) is 12.3. The van der Waals surface area contributed by atoms with E-state index in [-0.39, 0.29) is 17.6 Å². The fourth-order valence-corrected chi connectivity index (χ4v) is 6.07. The zero-order valence-corrected chi connectivity index (χ0v) is 21.8. The van der Waals surface area contributed by atoms with Crippen LogP contribution in [0.2, 0.25) is 0 Å². The summed E-state index contributed by atoms with van der Waals surface area (Å²) in [5, 5.41) is 12.9. The molecule has 0 unspecified atom stereocenters. The SMILES string of the molecule is C=CCn1c(SCC(=O)Nc2sc3c(c2C(=O)OCC)CCC3)nnc1-c1cccc(N(C)C)c1. The number of benzene rings is 1. The highest BCUT2D eigenvalue weighted by atomic mass is 32.2. The highest BCUT2D eigenvalue weighted by molar-refractivity contribution is 7.99. The fraction of sp³-hybridized carbons (Fsp3) is 0.360. The van der Waals surface area contributed by atoms with Crippen molar-refractivity contribution in [2.45, 2.75) is 37.9 Å². The predicted molar refractivity (Wildman–Crippen MR) is 142 cm³/mol. The van der Waals surface area contributed by atoms with Crippen molar-refractivity contribution in [3.05, 3.63) is 52.9 Å². The molecule has 0 spiro atoms. The number of fused-ring (bicyclic) bond motifs is 1. The van der Waals surface area contributed by atoms with Crippen LogP contribution in [0, 0.1) is 0 Å². The molecule has 0 aliphatic heterocycles. The highest BCUT2D eigenvalue weighted by Crippen LogP contribution is 2.39. The maximum Gasteiger partial charge on any atom is 0.341 e. The summed E-state index contributed by atoms with van der Waals surface area (Å²) in [6.07, 6.45) is 4.58. The molecule has 1 N–H and O–H groups in total. The van der Waals surface area contributed by atoms with E-state index < -0.39 is 0 Å². The zero-order valence-electron chi connectivity index (χ0n) is 20.2. The summed E-state index contributed by atoms with van der Waals surface area (Å²) in [6, 6.07) is 8.06. The van der Waals surface area contributed by atoms with Gasteiger partial charge >= 0.3 is 5.97 Å². The van der Waals surface area contributed by atoms with Crippen LogP contribution in [0.15, 0.2) is 42.1 Å². The van der Waals surface area contributed by atoms with Crippen LogP contribution in [-0.2, 0) is 28.9 Å². The Morgan fingerprint density at radius 3 is 2.89 bits per heavy atom. The van der Waals surface area contributed by atoms with Crippen LogP contribution < -0.4 is 10.2 Å². The van der Waals surface area contributed by atoms with Crippen molar-refractivity contribution in [3.8, 4) is 11.4 Å². The molecule has 0 fully saturated rings. The lowest BCUT2D eigenvalue weighted by Gasteiger charge is -2.14. The summed E-state index contributed by atoms with van der Waals surface area (Å²) in [4.78, 5) is 28.6. The Labute approximate surface area is 213 Å². The number of ether oxygens (including phenoxy) is 1. The number of amides is 1. The molecule has 0 bridgehead atoms. The minimum Gasteiger partial charge on any atom is -0.462 e. The van der Waals surface area contributed by atoms with E-state index in [1.807, 2.05) is 41.8 Å². The monoisotopic (exact) mass is 511 g/mol. The molecule has 8 nitrogen and oxygen atoms in total.